The Morgan fingerprint density at radius 1 is 1.50 bits per heavy atom. The van der Waals surface area contributed by atoms with Crippen LogP contribution in [0.5, 0.6) is 5.75 Å². The summed E-state index contributed by atoms with van der Waals surface area (Å²) in [5.74, 6) is 0.870. The van der Waals surface area contributed by atoms with E-state index in [0.29, 0.717) is 12.6 Å². The summed E-state index contributed by atoms with van der Waals surface area (Å²) in [7, 11) is 0. The van der Waals surface area contributed by atoms with Crippen molar-refractivity contribution in [2.24, 2.45) is 0 Å². The smallest absolute Gasteiger partial charge is 0.178 e. The minimum Gasteiger partial charge on any atom is -0.492 e. The van der Waals surface area contributed by atoms with Crippen LogP contribution in [0.2, 0.25) is 0 Å². The highest BCUT2D eigenvalue weighted by Gasteiger charge is 2.23. The van der Waals surface area contributed by atoms with Gasteiger partial charge in [-0.25, -0.2) is 0 Å². The molecule has 0 bridgehead atoms. The molecule has 0 saturated carbocycles. The average Bonchev–Trinajstić information content (AvgIpc) is 2.76. The summed E-state index contributed by atoms with van der Waals surface area (Å²) in [6, 6.07) is 6.50. The third kappa shape index (κ3) is 2.36. The predicted octanol–water partition coefficient (Wildman–Crippen LogP) is 3.84. The monoisotopic (exact) mass is 292 g/mol. The lowest BCUT2D eigenvalue weighted by Gasteiger charge is -2.28. The predicted molar refractivity (Wildman–Crippen MR) is 82.0 cm³/mol. The van der Waals surface area contributed by atoms with E-state index < -0.39 is 0 Å². The fourth-order valence-corrected chi connectivity index (χ4v) is 3.32. The summed E-state index contributed by atoms with van der Waals surface area (Å²) >= 11 is 5.53. The molecule has 4 nitrogen and oxygen atoms in total. The van der Waals surface area contributed by atoms with Gasteiger partial charge in [0, 0.05) is 12.6 Å². The van der Waals surface area contributed by atoms with Crippen molar-refractivity contribution in [3.05, 3.63) is 23.0 Å². The average molecular weight is 292 g/mol. The third-order valence-corrected chi connectivity index (χ3v) is 4.14. The summed E-state index contributed by atoms with van der Waals surface area (Å²) in [6.07, 6.45) is 2.29. The highest BCUT2D eigenvalue weighted by Crippen LogP contribution is 2.32. The van der Waals surface area contributed by atoms with Gasteiger partial charge in [-0.05, 0) is 51.0 Å². The van der Waals surface area contributed by atoms with E-state index in [1.54, 1.807) is 0 Å². The zero-order valence-electron chi connectivity index (χ0n) is 11.9. The van der Waals surface area contributed by atoms with Crippen molar-refractivity contribution < 1.29 is 9.47 Å². The Morgan fingerprint density at radius 3 is 3.10 bits per heavy atom. The highest BCUT2D eigenvalue weighted by molar-refractivity contribution is 7.71. The summed E-state index contributed by atoms with van der Waals surface area (Å²) in [5, 5.41) is 0. The minimum absolute atomic E-state index is 0.288. The maximum Gasteiger partial charge on any atom is 0.178 e. The standard InChI is InChI=1S/C15H20N2O2S/c1-3-18-13-6-4-5-12-14(13)16-15(20)17(12)11-7-8-19-10(2)9-11/h4-6,10-11H,3,7-9H2,1-2H3,(H,16,20). The Bertz CT molecular complexity index is 661. The molecule has 1 aromatic heterocycles. The second-order valence-corrected chi connectivity index (χ2v) is 5.63. The lowest BCUT2D eigenvalue weighted by Crippen LogP contribution is -2.25. The number of benzene rings is 1. The van der Waals surface area contributed by atoms with Crippen molar-refractivity contribution in [3.8, 4) is 5.75 Å². The van der Waals surface area contributed by atoms with Crippen LogP contribution in [0.3, 0.4) is 0 Å². The molecule has 0 radical (unpaired) electrons. The van der Waals surface area contributed by atoms with Gasteiger partial charge in [0.2, 0.25) is 0 Å². The van der Waals surface area contributed by atoms with Crippen molar-refractivity contribution in [3.63, 3.8) is 0 Å². The van der Waals surface area contributed by atoms with E-state index in [1.165, 1.54) is 0 Å². The van der Waals surface area contributed by atoms with Crippen LogP contribution in [0.1, 0.15) is 32.7 Å². The van der Waals surface area contributed by atoms with Crippen LogP contribution in [-0.4, -0.2) is 28.9 Å². The molecule has 1 aromatic carbocycles. The van der Waals surface area contributed by atoms with E-state index in [1.807, 2.05) is 19.1 Å². The fraction of sp³-hybridized carbons (Fsp3) is 0.533. The summed E-state index contributed by atoms with van der Waals surface area (Å²) in [6.45, 7) is 5.56. The number of aromatic nitrogens is 2. The van der Waals surface area contributed by atoms with Gasteiger partial charge in [0.1, 0.15) is 11.3 Å². The number of hydrogen-bond donors (Lipinski definition) is 1. The first kappa shape index (κ1) is 13.6. The molecule has 0 spiro atoms. The van der Waals surface area contributed by atoms with Crippen LogP contribution in [0.4, 0.5) is 0 Å². The van der Waals surface area contributed by atoms with Crippen molar-refractivity contribution in [2.45, 2.75) is 38.8 Å². The number of aromatic amines is 1. The zero-order chi connectivity index (χ0) is 14.1. The Labute approximate surface area is 123 Å². The number of para-hydroxylation sites is 1. The Kier molecular flexibility index (Phi) is 3.81. The second-order valence-electron chi connectivity index (χ2n) is 5.24. The number of nitrogens with zero attached hydrogens (tertiary/aromatic N) is 1. The highest BCUT2D eigenvalue weighted by atomic mass is 32.1. The molecule has 1 fully saturated rings. The van der Waals surface area contributed by atoms with Gasteiger partial charge in [0.15, 0.2) is 4.77 Å². The largest absolute Gasteiger partial charge is 0.492 e. The number of H-pyrrole nitrogens is 1. The van der Waals surface area contributed by atoms with Gasteiger partial charge in [-0.15, -0.1) is 0 Å². The number of rotatable bonds is 3. The van der Waals surface area contributed by atoms with Gasteiger partial charge < -0.3 is 19.0 Å². The number of fused-ring (bicyclic) bond motifs is 1. The first-order valence-corrected chi connectivity index (χ1v) is 7.59. The topological polar surface area (TPSA) is 39.2 Å². The lowest BCUT2D eigenvalue weighted by atomic mass is 10.0. The number of nitrogens with one attached hydrogen (secondary N) is 1. The SMILES string of the molecule is CCOc1cccc2c1[nH]c(=S)n2C1CCOC(C)C1. The summed E-state index contributed by atoms with van der Waals surface area (Å²) < 4.78 is 14.3. The molecule has 5 heteroatoms. The van der Waals surface area contributed by atoms with Crippen molar-refractivity contribution >= 4 is 23.3 Å². The van der Waals surface area contributed by atoms with E-state index in [9.17, 15) is 0 Å². The first-order chi connectivity index (χ1) is 9.70. The second kappa shape index (κ2) is 5.58. The van der Waals surface area contributed by atoms with Crippen LogP contribution in [0.15, 0.2) is 18.2 Å². The Morgan fingerprint density at radius 2 is 2.35 bits per heavy atom. The van der Waals surface area contributed by atoms with Gasteiger partial charge >= 0.3 is 0 Å². The quantitative estimate of drug-likeness (QED) is 0.874. The molecule has 1 saturated heterocycles. The van der Waals surface area contributed by atoms with Crippen molar-refractivity contribution in [1.29, 1.82) is 0 Å². The molecule has 2 atom stereocenters. The third-order valence-electron chi connectivity index (χ3n) is 3.84. The van der Waals surface area contributed by atoms with Gasteiger partial charge in [0.25, 0.3) is 0 Å². The van der Waals surface area contributed by atoms with Gasteiger partial charge in [-0.1, -0.05) is 6.07 Å². The van der Waals surface area contributed by atoms with Crippen molar-refractivity contribution in [2.75, 3.05) is 13.2 Å². The van der Waals surface area contributed by atoms with Crippen LogP contribution < -0.4 is 4.74 Å². The number of ether oxygens (including phenoxy) is 2. The lowest BCUT2D eigenvalue weighted by molar-refractivity contribution is 0.00647. The molecule has 1 N–H and O–H groups in total. The van der Waals surface area contributed by atoms with Crippen LogP contribution in [-0.2, 0) is 4.74 Å². The molecule has 1 aliphatic rings. The van der Waals surface area contributed by atoms with Crippen LogP contribution >= 0.6 is 12.2 Å². The summed E-state index contributed by atoms with van der Waals surface area (Å²) in [4.78, 5) is 3.30. The molecule has 2 unspecified atom stereocenters. The maximum atomic E-state index is 5.68. The first-order valence-electron chi connectivity index (χ1n) is 7.18. The van der Waals surface area contributed by atoms with Crippen LogP contribution in [0.25, 0.3) is 11.0 Å². The summed E-state index contributed by atoms with van der Waals surface area (Å²) in [5.41, 5.74) is 2.12. The molecule has 20 heavy (non-hydrogen) atoms. The van der Waals surface area contributed by atoms with Gasteiger partial charge in [0.05, 0.1) is 18.2 Å². The van der Waals surface area contributed by atoms with Gasteiger partial charge in [-0.2, -0.15) is 0 Å². The number of hydrogen-bond acceptors (Lipinski definition) is 3. The molecule has 2 aromatic rings. The minimum atomic E-state index is 0.288. The Hall–Kier alpha value is -1.33. The molecule has 0 amide bonds. The van der Waals surface area contributed by atoms with Gasteiger partial charge in [-0.3, -0.25) is 0 Å². The van der Waals surface area contributed by atoms with E-state index in [0.717, 1.165) is 41.0 Å². The molecule has 1 aliphatic heterocycles. The van der Waals surface area contributed by atoms with E-state index >= 15 is 0 Å². The maximum absolute atomic E-state index is 5.68. The normalized spacial score (nSPS) is 23.1. The van der Waals surface area contributed by atoms with Crippen molar-refractivity contribution in [1.82, 2.24) is 9.55 Å². The molecule has 3 rings (SSSR count). The Balaban J connectivity index is 2.09. The molecular weight excluding hydrogens is 272 g/mol. The molecule has 2 heterocycles. The fourth-order valence-electron chi connectivity index (χ4n) is 2.97. The zero-order valence-corrected chi connectivity index (χ0v) is 12.7. The molecule has 108 valence electrons. The van der Waals surface area contributed by atoms with Crippen LogP contribution in [0, 0.1) is 4.77 Å². The molecule has 0 aliphatic carbocycles. The van der Waals surface area contributed by atoms with E-state index in [-0.39, 0.29) is 6.10 Å². The number of imidazole rings is 1. The van der Waals surface area contributed by atoms with E-state index in [2.05, 4.69) is 22.5 Å². The molecular formula is C15H20N2O2S. The van der Waals surface area contributed by atoms with E-state index in [4.69, 9.17) is 21.7 Å².